The monoisotopic (exact) mass is 382 g/mol. The highest BCUT2D eigenvalue weighted by Crippen LogP contribution is 2.43. The first-order valence-corrected chi connectivity index (χ1v) is 8.44. The summed E-state index contributed by atoms with van der Waals surface area (Å²) in [5.74, 6) is 0.144. The molecule has 3 heterocycles. The second-order valence-electron chi connectivity index (χ2n) is 6.28. The van der Waals surface area contributed by atoms with Crippen LogP contribution in [0.25, 0.3) is 11.0 Å². The SMILES string of the molecule is COc1cc(N2C(=O)c3cnc4c(c(C)nn4C)c3C2=O)cc(OC)c1OC. The number of benzene rings is 1. The summed E-state index contributed by atoms with van der Waals surface area (Å²) in [6, 6.07) is 3.12. The van der Waals surface area contributed by atoms with Crippen molar-refractivity contribution in [3.05, 3.63) is 35.2 Å². The largest absolute Gasteiger partial charge is 0.493 e. The lowest BCUT2D eigenvalue weighted by Gasteiger charge is -2.18. The Morgan fingerprint density at radius 2 is 1.61 bits per heavy atom. The molecule has 9 heteroatoms. The third-order valence-electron chi connectivity index (χ3n) is 4.79. The first-order valence-electron chi connectivity index (χ1n) is 8.44. The van der Waals surface area contributed by atoms with E-state index in [0.717, 1.165) is 4.90 Å². The van der Waals surface area contributed by atoms with Crippen molar-refractivity contribution in [1.29, 1.82) is 0 Å². The number of fused-ring (bicyclic) bond motifs is 3. The number of amides is 2. The molecule has 2 amide bonds. The molecule has 1 aliphatic heterocycles. The van der Waals surface area contributed by atoms with Crippen LogP contribution in [-0.2, 0) is 7.05 Å². The van der Waals surface area contributed by atoms with Gasteiger partial charge in [0.15, 0.2) is 17.1 Å². The van der Waals surface area contributed by atoms with Crippen LogP contribution in [0.15, 0.2) is 18.3 Å². The van der Waals surface area contributed by atoms with Crippen molar-refractivity contribution in [2.45, 2.75) is 6.92 Å². The smallest absolute Gasteiger partial charge is 0.267 e. The standard InChI is InChI=1S/C19H18N4O5/c1-9-14-15-11(8-20-17(14)22(2)21-9)18(24)23(19(15)25)10-6-12(26-3)16(28-5)13(7-10)27-4/h6-8H,1-5H3. The highest BCUT2D eigenvalue weighted by atomic mass is 16.5. The normalized spacial score (nSPS) is 13.2. The van der Waals surface area contributed by atoms with Gasteiger partial charge in [-0.05, 0) is 6.92 Å². The molecule has 4 rings (SSSR count). The number of hydrogen-bond acceptors (Lipinski definition) is 7. The Morgan fingerprint density at radius 1 is 0.964 bits per heavy atom. The number of aryl methyl sites for hydroxylation is 2. The summed E-state index contributed by atoms with van der Waals surface area (Å²) >= 11 is 0. The van der Waals surface area contributed by atoms with E-state index in [1.54, 1.807) is 30.8 Å². The fraction of sp³-hybridized carbons (Fsp3) is 0.263. The molecule has 0 saturated heterocycles. The fourth-order valence-corrected chi connectivity index (χ4v) is 3.55. The molecule has 0 unspecified atom stereocenters. The molecule has 1 aliphatic rings. The minimum atomic E-state index is -0.466. The molecule has 0 N–H and O–H groups in total. The molecule has 1 aromatic carbocycles. The molecule has 0 saturated carbocycles. The zero-order valence-corrected chi connectivity index (χ0v) is 16.1. The van der Waals surface area contributed by atoms with Crippen LogP contribution in [0.5, 0.6) is 17.2 Å². The van der Waals surface area contributed by atoms with Crippen molar-refractivity contribution < 1.29 is 23.8 Å². The Kier molecular flexibility index (Phi) is 3.95. The van der Waals surface area contributed by atoms with Crippen LogP contribution >= 0.6 is 0 Å². The van der Waals surface area contributed by atoms with Gasteiger partial charge in [0.25, 0.3) is 11.8 Å². The molecule has 0 atom stereocenters. The molecule has 0 radical (unpaired) electrons. The Balaban J connectivity index is 1.92. The van der Waals surface area contributed by atoms with Gasteiger partial charge in [0.1, 0.15) is 0 Å². The van der Waals surface area contributed by atoms with Gasteiger partial charge in [-0.3, -0.25) is 14.3 Å². The first-order chi connectivity index (χ1) is 13.4. The van der Waals surface area contributed by atoms with E-state index in [1.807, 2.05) is 0 Å². The summed E-state index contributed by atoms with van der Waals surface area (Å²) in [7, 11) is 6.16. The van der Waals surface area contributed by atoms with Crippen molar-refractivity contribution in [2.75, 3.05) is 26.2 Å². The number of ether oxygens (including phenoxy) is 3. The van der Waals surface area contributed by atoms with E-state index in [4.69, 9.17) is 14.2 Å². The lowest BCUT2D eigenvalue weighted by atomic mass is 10.1. The van der Waals surface area contributed by atoms with Gasteiger partial charge in [0.05, 0.1) is 49.2 Å². The van der Waals surface area contributed by atoms with E-state index in [9.17, 15) is 9.59 Å². The molecule has 3 aromatic rings. The molecule has 0 fully saturated rings. The molecular formula is C19H18N4O5. The number of carbonyl (C=O) groups is 2. The van der Waals surface area contributed by atoms with Gasteiger partial charge in [0.2, 0.25) is 5.75 Å². The summed E-state index contributed by atoms with van der Waals surface area (Å²) in [6.45, 7) is 1.78. The summed E-state index contributed by atoms with van der Waals surface area (Å²) < 4.78 is 17.6. The number of methoxy groups -OCH3 is 3. The lowest BCUT2D eigenvalue weighted by molar-refractivity contribution is 0.0926. The topological polar surface area (TPSA) is 95.8 Å². The van der Waals surface area contributed by atoms with Crippen molar-refractivity contribution in [3.8, 4) is 17.2 Å². The van der Waals surface area contributed by atoms with Gasteiger partial charge in [0, 0.05) is 25.4 Å². The lowest BCUT2D eigenvalue weighted by Crippen LogP contribution is -2.29. The average Bonchev–Trinajstić information content (AvgIpc) is 3.13. The Bertz CT molecular complexity index is 1130. The number of rotatable bonds is 4. The second kappa shape index (κ2) is 6.22. The zero-order valence-electron chi connectivity index (χ0n) is 16.1. The van der Waals surface area contributed by atoms with Crippen molar-refractivity contribution >= 4 is 28.5 Å². The van der Waals surface area contributed by atoms with Crippen molar-refractivity contribution in [3.63, 3.8) is 0 Å². The molecule has 9 nitrogen and oxygen atoms in total. The van der Waals surface area contributed by atoms with Gasteiger partial charge in [-0.15, -0.1) is 0 Å². The number of hydrogen-bond donors (Lipinski definition) is 0. The highest BCUT2D eigenvalue weighted by Gasteiger charge is 2.40. The maximum absolute atomic E-state index is 13.3. The van der Waals surface area contributed by atoms with Gasteiger partial charge < -0.3 is 14.2 Å². The van der Waals surface area contributed by atoms with Crippen LogP contribution in [0.3, 0.4) is 0 Å². The predicted octanol–water partition coefficient (Wildman–Crippen LogP) is 2.10. The minimum absolute atomic E-state index is 0.238. The van der Waals surface area contributed by atoms with E-state index < -0.39 is 11.8 Å². The number of carbonyl (C=O) groups excluding carboxylic acids is 2. The number of anilines is 1. The summed E-state index contributed by atoms with van der Waals surface area (Å²) in [5.41, 5.74) is 2.03. The van der Waals surface area contributed by atoms with Gasteiger partial charge >= 0.3 is 0 Å². The van der Waals surface area contributed by atoms with Crippen LogP contribution in [0.2, 0.25) is 0 Å². The van der Waals surface area contributed by atoms with Crippen molar-refractivity contribution in [2.24, 2.45) is 7.05 Å². The molecule has 28 heavy (non-hydrogen) atoms. The fourth-order valence-electron chi connectivity index (χ4n) is 3.55. The molecule has 144 valence electrons. The predicted molar refractivity (Wildman–Crippen MR) is 100 cm³/mol. The maximum Gasteiger partial charge on any atom is 0.267 e. The zero-order chi connectivity index (χ0) is 20.2. The number of pyridine rings is 1. The van der Waals surface area contributed by atoms with Gasteiger partial charge in [-0.25, -0.2) is 9.88 Å². The third kappa shape index (κ3) is 2.25. The quantitative estimate of drug-likeness (QED) is 0.638. The minimum Gasteiger partial charge on any atom is -0.493 e. The molecule has 0 aliphatic carbocycles. The summed E-state index contributed by atoms with van der Waals surface area (Å²) in [6.07, 6.45) is 1.41. The molecule has 2 aromatic heterocycles. The van der Waals surface area contributed by atoms with E-state index in [-0.39, 0.29) is 5.56 Å². The third-order valence-corrected chi connectivity index (χ3v) is 4.79. The van der Waals surface area contributed by atoms with Crippen LogP contribution in [0.4, 0.5) is 5.69 Å². The summed E-state index contributed by atoms with van der Waals surface area (Å²) in [4.78, 5) is 31.7. The Labute approximate surface area is 160 Å². The highest BCUT2D eigenvalue weighted by molar-refractivity contribution is 6.37. The van der Waals surface area contributed by atoms with Gasteiger partial charge in [-0.2, -0.15) is 5.10 Å². The van der Waals surface area contributed by atoms with Crippen LogP contribution in [0.1, 0.15) is 26.4 Å². The first kappa shape index (κ1) is 17.8. The van der Waals surface area contributed by atoms with E-state index in [2.05, 4.69) is 10.1 Å². The van der Waals surface area contributed by atoms with Gasteiger partial charge in [-0.1, -0.05) is 0 Å². The Morgan fingerprint density at radius 3 is 2.18 bits per heavy atom. The maximum atomic E-state index is 13.3. The molecule has 0 bridgehead atoms. The van der Waals surface area contributed by atoms with E-state index in [0.29, 0.717) is 45.2 Å². The second-order valence-corrected chi connectivity index (χ2v) is 6.28. The van der Waals surface area contributed by atoms with E-state index >= 15 is 0 Å². The molecular weight excluding hydrogens is 364 g/mol. The number of nitrogens with zero attached hydrogens (tertiary/aromatic N) is 4. The van der Waals surface area contributed by atoms with E-state index in [1.165, 1.54) is 27.5 Å². The van der Waals surface area contributed by atoms with Crippen LogP contribution in [-0.4, -0.2) is 47.9 Å². The van der Waals surface area contributed by atoms with Crippen molar-refractivity contribution in [1.82, 2.24) is 14.8 Å². The Hall–Kier alpha value is -3.62. The summed E-state index contributed by atoms with van der Waals surface area (Å²) in [5, 5.41) is 4.90. The number of imide groups is 1. The van der Waals surface area contributed by atoms with Crippen LogP contribution < -0.4 is 19.1 Å². The number of aromatic nitrogens is 3. The average molecular weight is 382 g/mol. The molecule has 0 spiro atoms. The van der Waals surface area contributed by atoms with Crippen LogP contribution in [0, 0.1) is 6.92 Å².